The zero-order chi connectivity index (χ0) is 25.8. The molecule has 0 radical (unpaired) electrons. The van der Waals surface area contributed by atoms with Gasteiger partial charge in [-0.05, 0) is 24.6 Å². The van der Waals surface area contributed by atoms with Crippen LogP contribution in [0.2, 0.25) is 5.02 Å². The van der Waals surface area contributed by atoms with Crippen molar-refractivity contribution in [2.24, 2.45) is 0 Å². The molecule has 9 nitrogen and oxygen atoms in total. The number of para-hydroxylation sites is 1. The van der Waals surface area contributed by atoms with Gasteiger partial charge in [0.1, 0.15) is 12.4 Å². The summed E-state index contributed by atoms with van der Waals surface area (Å²) in [5.74, 6) is -0.459. The highest BCUT2D eigenvalue weighted by Gasteiger charge is 2.24. The third-order valence-electron chi connectivity index (χ3n) is 5.25. The Balaban J connectivity index is 1.87. The molecule has 0 aliphatic rings. The summed E-state index contributed by atoms with van der Waals surface area (Å²) >= 11 is 6.39. The maximum absolute atomic E-state index is 13.1. The van der Waals surface area contributed by atoms with Crippen LogP contribution in [0.1, 0.15) is 50.2 Å². The first kappa shape index (κ1) is 25.9. The number of carbonyl (C=O) groups is 2. The molecule has 1 aromatic heterocycles. The van der Waals surface area contributed by atoms with E-state index in [9.17, 15) is 19.7 Å². The Morgan fingerprint density at radius 3 is 2.49 bits per heavy atom. The Morgan fingerprint density at radius 2 is 1.86 bits per heavy atom. The van der Waals surface area contributed by atoms with E-state index < -0.39 is 16.7 Å². The third-order valence-corrected chi connectivity index (χ3v) is 5.56. The van der Waals surface area contributed by atoms with E-state index in [1.165, 1.54) is 29.2 Å². The summed E-state index contributed by atoms with van der Waals surface area (Å²) in [5, 5.41) is 19.1. The van der Waals surface area contributed by atoms with E-state index >= 15 is 0 Å². The molecule has 184 valence electrons. The summed E-state index contributed by atoms with van der Waals surface area (Å²) in [7, 11) is 0. The van der Waals surface area contributed by atoms with Gasteiger partial charge < -0.3 is 10.2 Å². The van der Waals surface area contributed by atoms with Crippen molar-refractivity contribution in [2.75, 3.05) is 18.4 Å². The fourth-order valence-corrected chi connectivity index (χ4v) is 3.67. The largest absolute Gasteiger partial charge is 0.329 e. The molecule has 35 heavy (non-hydrogen) atoms. The monoisotopic (exact) mass is 497 g/mol. The van der Waals surface area contributed by atoms with Crippen LogP contribution in [0.25, 0.3) is 5.69 Å². The van der Waals surface area contributed by atoms with Gasteiger partial charge in [0.15, 0.2) is 0 Å². The van der Waals surface area contributed by atoms with Gasteiger partial charge in [0.05, 0.1) is 21.3 Å². The number of amides is 2. The number of nitrogens with one attached hydrogen (secondary N) is 1. The molecule has 1 heterocycles. The number of carbonyl (C=O) groups excluding carboxylic acids is 2. The zero-order valence-electron chi connectivity index (χ0n) is 20.1. The first-order chi connectivity index (χ1) is 16.5. The van der Waals surface area contributed by atoms with Crippen molar-refractivity contribution in [1.29, 1.82) is 0 Å². The van der Waals surface area contributed by atoms with Gasteiger partial charge in [0.25, 0.3) is 11.6 Å². The minimum Gasteiger partial charge on any atom is -0.329 e. The molecule has 0 spiro atoms. The average molecular weight is 498 g/mol. The molecular weight excluding hydrogens is 470 g/mol. The van der Waals surface area contributed by atoms with E-state index in [0.717, 1.165) is 5.69 Å². The summed E-state index contributed by atoms with van der Waals surface area (Å²) in [6.07, 6.45) is 0.611. The second kappa shape index (κ2) is 10.7. The lowest BCUT2D eigenvalue weighted by molar-refractivity contribution is -0.384. The predicted octanol–water partition coefficient (Wildman–Crippen LogP) is 5.22. The van der Waals surface area contributed by atoms with E-state index in [2.05, 4.69) is 10.4 Å². The van der Waals surface area contributed by atoms with E-state index in [-0.39, 0.29) is 23.2 Å². The Hall–Kier alpha value is -3.72. The molecule has 0 aliphatic heterocycles. The topological polar surface area (TPSA) is 110 Å². The first-order valence-corrected chi connectivity index (χ1v) is 11.6. The maximum Gasteiger partial charge on any atom is 0.270 e. The number of rotatable bonds is 8. The summed E-state index contributed by atoms with van der Waals surface area (Å²) in [6, 6.07) is 14.4. The molecule has 0 bridgehead atoms. The molecule has 2 amide bonds. The first-order valence-electron chi connectivity index (χ1n) is 11.2. The standard InChI is InChI=1S/C25H28ClN5O4/c1-5-13-29(24(33)17-9-8-10-18(14-17)31(34)35)16-23(32)27-22-15-21(25(2,3)4)28-30(22)20-12-7-6-11-19(20)26/h6-12,14-15H,5,13,16H2,1-4H3,(H,27,32). The van der Waals surface area contributed by atoms with Crippen molar-refractivity contribution < 1.29 is 14.5 Å². The summed E-state index contributed by atoms with van der Waals surface area (Å²) in [4.78, 5) is 38.0. The molecule has 10 heteroatoms. The van der Waals surface area contributed by atoms with Crippen LogP contribution in [0.4, 0.5) is 11.5 Å². The van der Waals surface area contributed by atoms with Crippen molar-refractivity contribution in [2.45, 2.75) is 39.5 Å². The minimum atomic E-state index is -0.559. The number of nitrogens with zero attached hydrogens (tertiary/aromatic N) is 4. The smallest absolute Gasteiger partial charge is 0.270 e. The highest BCUT2D eigenvalue weighted by Crippen LogP contribution is 2.29. The van der Waals surface area contributed by atoms with Crippen LogP contribution >= 0.6 is 11.6 Å². The summed E-state index contributed by atoms with van der Waals surface area (Å²) in [6.45, 7) is 8.00. The molecule has 0 aliphatic carbocycles. The fourth-order valence-electron chi connectivity index (χ4n) is 3.46. The number of benzene rings is 2. The van der Waals surface area contributed by atoms with E-state index in [4.69, 9.17) is 11.6 Å². The van der Waals surface area contributed by atoms with Crippen molar-refractivity contribution >= 4 is 34.9 Å². The summed E-state index contributed by atoms with van der Waals surface area (Å²) in [5.41, 5.74) is 1.05. The minimum absolute atomic E-state index is 0.150. The molecule has 0 saturated heterocycles. The Bertz CT molecular complexity index is 1250. The molecule has 3 aromatic rings. The van der Waals surface area contributed by atoms with Crippen LogP contribution in [-0.2, 0) is 10.2 Å². The van der Waals surface area contributed by atoms with Crippen LogP contribution in [0.5, 0.6) is 0 Å². The second-order valence-corrected chi connectivity index (χ2v) is 9.52. The van der Waals surface area contributed by atoms with Gasteiger partial charge in [-0.2, -0.15) is 5.10 Å². The lowest BCUT2D eigenvalue weighted by Gasteiger charge is -2.21. The van der Waals surface area contributed by atoms with Gasteiger partial charge >= 0.3 is 0 Å². The molecule has 0 saturated carbocycles. The van der Waals surface area contributed by atoms with Crippen molar-refractivity contribution in [3.05, 3.63) is 81.0 Å². The molecular formula is C25H28ClN5O4. The number of nitro benzene ring substituents is 1. The maximum atomic E-state index is 13.1. The zero-order valence-corrected chi connectivity index (χ0v) is 20.9. The van der Waals surface area contributed by atoms with Crippen LogP contribution < -0.4 is 5.32 Å². The van der Waals surface area contributed by atoms with Gasteiger partial charge in [0, 0.05) is 35.7 Å². The highest BCUT2D eigenvalue weighted by atomic mass is 35.5. The number of anilines is 1. The number of hydrogen-bond acceptors (Lipinski definition) is 5. The SMILES string of the molecule is CCCN(CC(=O)Nc1cc(C(C)(C)C)nn1-c1ccccc1Cl)C(=O)c1cccc([N+](=O)[O-])c1. The quantitative estimate of drug-likeness (QED) is 0.338. The van der Waals surface area contributed by atoms with Crippen LogP contribution in [0.15, 0.2) is 54.6 Å². The number of non-ortho nitro benzene ring substituents is 1. The van der Waals surface area contributed by atoms with Crippen LogP contribution in [0.3, 0.4) is 0 Å². The van der Waals surface area contributed by atoms with Gasteiger partial charge in [-0.25, -0.2) is 4.68 Å². The number of hydrogen-bond donors (Lipinski definition) is 1. The number of halogens is 1. The Kier molecular flexibility index (Phi) is 7.91. The van der Waals surface area contributed by atoms with E-state index in [1.54, 1.807) is 28.9 Å². The predicted molar refractivity (Wildman–Crippen MR) is 135 cm³/mol. The van der Waals surface area contributed by atoms with Gasteiger partial charge in [-0.1, -0.05) is 57.5 Å². The number of nitro groups is 1. The highest BCUT2D eigenvalue weighted by molar-refractivity contribution is 6.32. The van der Waals surface area contributed by atoms with E-state index in [0.29, 0.717) is 29.5 Å². The average Bonchev–Trinajstić information content (AvgIpc) is 3.22. The summed E-state index contributed by atoms with van der Waals surface area (Å²) < 4.78 is 1.58. The van der Waals surface area contributed by atoms with Gasteiger partial charge in [-0.15, -0.1) is 0 Å². The van der Waals surface area contributed by atoms with Crippen molar-refractivity contribution in [3.63, 3.8) is 0 Å². The second-order valence-electron chi connectivity index (χ2n) is 9.11. The van der Waals surface area contributed by atoms with Crippen LogP contribution in [-0.4, -0.2) is 44.5 Å². The Morgan fingerprint density at radius 1 is 1.14 bits per heavy atom. The van der Waals surface area contributed by atoms with Gasteiger partial charge in [-0.3, -0.25) is 19.7 Å². The van der Waals surface area contributed by atoms with Crippen LogP contribution in [0, 0.1) is 10.1 Å². The van der Waals surface area contributed by atoms with Crippen molar-refractivity contribution in [1.82, 2.24) is 14.7 Å². The Labute approximate surface area is 208 Å². The van der Waals surface area contributed by atoms with Gasteiger partial charge in [0.2, 0.25) is 5.91 Å². The third kappa shape index (κ3) is 6.24. The normalized spacial score (nSPS) is 11.2. The molecule has 2 aromatic carbocycles. The molecule has 0 fully saturated rings. The molecule has 1 N–H and O–H groups in total. The molecule has 0 atom stereocenters. The molecule has 3 rings (SSSR count). The number of aromatic nitrogens is 2. The fraction of sp³-hybridized carbons (Fsp3) is 0.320. The lowest BCUT2D eigenvalue weighted by atomic mass is 9.92. The molecule has 0 unspecified atom stereocenters. The van der Waals surface area contributed by atoms with Crippen molar-refractivity contribution in [3.8, 4) is 5.69 Å². The lowest BCUT2D eigenvalue weighted by Crippen LogP contribution is -2.38. The van der Waals surface area contributed by atoms with E-state index in [1.807, 2.05) is 33.8 Å².